The highest BCUT2D eigenvalue weighted by molar-refractivity contribution is 5.50. The molecule has 1 aromatic carbocycles. The summed E-state index contributed by atoms with van der Waals surface area (Å²) in [6.07, 6.45) is 4.25. The molecule has 0 amide bonds. The molecule has 1 heterocycles. The SMILES string of the molecule is Cc1ccc(N2C=CCN2C)cc1. The van der Waals surface area contributed by atoms with E-state index in [1.807, 2.05) is 0 Å². The lowest BCUT2D eigenvalue weighted by atomic mass is 10.2. The Bertz CT molecular complexity index is 313. The number of hydrazine groups is 1. The van der Waals surface area contributed by atoms with Crippen LogP contribution in [0.5, 0.6) is 0 Å². The largest absolute Gasteiger partial charge is 0.282 e. The maximum Gasteiger partial charge on any atom is 0.0573 e. The minimum absolute atomic E-state index is 0.994. The number of anilines is 1. The van der Waals surface area contributed by atoms with E-state index in [4.69, 9.17) is 0 Å². The zero-order valence-electron chi connectivity index (χ0n) is 8.07. The van der Waals surface area contributed by atoms with Crippen LogP contribution in [0.25, 0.3) is 0 Å². The molecule has 2 nitrogen and oxygen atoms in total. The van der Waals surface area contributed by atoms with Crippen LogP contribution in [0, 0.1) is 6.92 Å². The van der Waals surface area contributed by atoms with Gasteiger partial charge in [0.2, 0.25) is 0 Å². The average Bonchev–Trinajstić information content (AvgIpc) is 2.53. The van der Waals surface area contributed by atoms with Gasteiger partial charge in [-0.15, -0.1) is 0 Å². The fourth-order valence-electron chi connectivity index (χ4n) is 1.48. The zero-order chi connectivity index (χ0) is 9.26. The summed E-state index contributed by atoms with van der Waals surface area (Å²) in [5.41, 5.74) is 2.52. The Kier molecular flexibility index (Phi) is 2.07. The Morgan fingerprint density at radius 2 is 1.85 bits per heavy atom. The van der Waals surface area contributed by atoms with Crippen LogP contribution in [-0.2, 0) is 0 Å². The number of nitrogens with zero attached hydrogens (tertiary/aromatic N) is 2. The summed E-state index contributed by atoms with van der Waals surface area (Å²) in [6, 6.07) is 8.55. The minimum Gasteiger partial charge on any atom is -0.282 e. The zero-order valence-corrected chi connectivity index (χ0v) is 8.07. The van der Waals surface area contributed by atoms with Gasteiger partial charge in [-0.2, -0.15) is 0 Å². The summed E-state index contributed by atoms with van der Waals surface area (Å²) in [4.78, 5) is 0. The van der Waals surface area contributed by atoms with Gasteiger partial charge < -0.3 is 0 Å². The summed E-state index contributed by atoms with van der Waals surface area (Å²) in [5.74, 6) is 0. The molecule has 1 aliphatic heterocycles. The van der Waals surface area contributed by atoms with E-state index in [1.165, 1.54) is 11.3 Å². The third-order valence-corrected chi connectivity index (χ3v) is 2.28. The topological polar surface area (TPSA) is 6.48 Å². The molecule has 0 saturated carbocycles. The van der Waals surface area contributed by atoms with Crippen LogP contribution in [0.1, 0.15) is 5.56 Å². The van der Waals surface area contributed by atoms with Gasteiger partial charge in [0, 0.05) is 19.8 Å². The molecule has 2 heteroatoms. The van der Waals surface area contributed by atoms with Gasteiger partial charge in [-0.25, -0.2) is 5.01 Å². The Balaban J connectivity index is 2.25. The molecule has 1 aliphatic rings. The van der Waals surface area contributed by atoms with E-state index in [0.717, 1.165) is 6.54 Å². The molecule has 0 radical (unpaired) electrons. The molecule has 1 aromatic rings. The maximum atomic E-state index is 2.17. The lowest BCUT2D eigenvalue weighted by Crippen LogP contribution is -2.30. The van der Waals surface area contributed by atoms with Crippen molar-refractivity contribution in [1.82, 2.24) is 5.01 Å². The Morgan fingerprint density at radius 3 is 2.38 bits per heavy atom. The second-order valence-electron chi connectivity index (χ2n) is 3.41. The van der Waals surface area contributed by atoms with Crippen molar-refractivity contribution in [1.29, 1.82) is 0 Å². The second-order valence-corrected chi connectivity index (χ2v) is 3.41. The van der Waals surface area contributed by atoms with E-state index >= 15 is 0 Å². The molecule has 0 bridgehead atoms. The molecule has 13 heavy (non-hydrogen) atoms. The van der Waals surface area contributed by atoms with Crippen LogP contribution >= 0.6 is 0 Å². The van der Waals surface area contributed by atoms with Crippen molar-refractivity contribution in [2.45, 2.75) is 6.92 Å². The predicted octanol–water partition coefficient (Wildman–Crippen LogP) is 2.18. The molecule has 0 N–H and O–H groups in total. The first kappa shape index (κ1) is 8.32. The van der Waals surface area contributed by atoms with E-state index in [1.54, 1.807) is 0 Å². The van der Waals surface area contributed by atoms with E-state index in [-0.39, 0.29) is 0 Å². The van der Waals surface area contributed by atoms with Gasteiger partial charge in [-0.05, 0) is 19.1 Å². The number of hydrogen-bond acceptors (Lipinski definition) is 2. The highest BCUT2D eigenvalue weighted by Gasteiger charge is 2.12. The fraction of sp³-hybridized carbons (Fsp3) is 0.273. The van der Waals surface area contributed by atoms with E-state index < -0.39 is 0 Å². The molecule has 2 rings (SSSR count). The molecule has 68 valence electrons. The van der Waals surface area contributed by atoms with Crippen LogP contribution in [-0.4, -0.2) is 18.6 Å². The number of benzene rings is 1. The van der Waals surface area contributed by atoms with E-state index in [9.17, 15) is 0 Å². The predicted molar refractivity (Wildman–Crippen MR) is 55.4 cm³/mol. The van der Waals surface area contributed by atoms with Crippen LogP contribution < -0.4 is 5.01 Å². The van der Waals surface area contributed by atoms with Gasteiger partial charge in [0.15, 0.2) is 0 Å². The average molecular weight is 174 g/mol. The molecule has 0 unspecified atom stereocenters. The molecule has 0 aliphatic carbocycles. The molecular weight excluding hydrogens is 160 g/mol. The van der Waals surface area contributed by atoms with Crippen molar-refractivity contribution in [2.24, 2.45) is 0 Å². The van der Waals surface area contributed by atoms with Gasteiger partial charge in [0.1, 0.15) is 0 Å². The van der Waals surface area contributed by atoms with Gasteiger partial charge in [-0.1, -0.05) is 23.8 Å². The van der Waals surface area contributed by atoms with Gasteiger partial charge in [0.05, 0.1) is 5.69 Å². The summed E-state index contributed by atoms with van der Waals surface area (Å²) in [5, 5.41) is 4.32. The lowest BCUT2D eigenvalue weighted by Gasteiger charge is -2.25. The summed E-state index contributed by atoms with van der Waals surface area (Å²) in [7, 11) is 2.08. The van der Waals surface area contributed by atoms with Crippen LogP contribution in [0.3, 0.4) is 0 Å². The van der Waals surface area contributed by atoms with Gasteiger partial charge in [-0.3, -0.25) is 5.01 Å². The number of likely N-dealkylation sites (N-methyl/N-ethyl adjacent to an activating group) is 1. The van der Waals surface area contributed by atoms with Crippen LogP contribution in [0.4, 0.5) is 5.69 Å². The van der Waals surface area contributed by atoms with Crippen molar-refractivity contribution in [3.8, 4) is 0 Å². The minimum atomic E-state index is 0.994. The summed E-state index contributed by atoms with van der Waals surface area (Å²) < 4.78 is 0. The molecular formula is C11H14N2. The van der Waals surface area contributed by atoms with E-state index in [2.05, 4.69) is 60.5 Å². The quantitative estimate of drug-likeness (QED) is 0.644. The third kappa shape index (κ3) is 1.58. The van der Waals surface area contributed by atoms with Crippen molar-refractivity contribution >= 4 is 5.69 Å². The number of hydrogen-bond donors (Lipinski definition) is 0. The molecule has 0 atom stereocenters. The first-order valence-electron chi connectivity index (χ1n) is 4.51. The smallest absolute Gasteiger partial charge is 0.0573 e. The second kappa shape index (κ2) is 3.23. The first-order chi connectivity index (χ1) is 6.27. The summed E-state index contributed by atoms with van der Waals surface area (Å²) in [6.45, 7) is 3.10. The maximum absolute atomic E-state index is 2.17. The van der Waals surface area contributed by atoms with Crippen LogP contribution in [0.2, 0.25) is 0 Å². The first-order valence-corrected chi connectivity index (χ1v) is 4.51. The van der Waals surface area contributed by atoms with Gasteiger partial charge >= 0.3 is 0 Å². The number of aryl methyl sites for hydroxylation is 1. The van der Waals surface area contributed by atoms with E-state index in [0.29, 0.717) is 0 Å². The number of rotatable bonds is 1. The molecule has 0 fully saturated rings. The monoisotopic (exact) mass is 174 g/mol. The summed E-state index contributed by atoms with van der Waals surface area (Å²) >= 11 is 0. The molecule has 0 spiro atoms. The van der Waals surface area contributed by atoms with Crippen molar-refractivity contribution < 1.29 is 0 Å². The van der Waals surface area contributed by atoms with Crippen molar-refractivity contribution in [2.75, 3.05) is 18.6 Å². The normalized spacial score (nSPS) is 16.9. The fourth-order valence-corrected chi connectivity index (χ4v) is 1.48. The highest BCUT2D eigenvalue weighted by Crippen LogP contribution is 2.19. The third-order valence-electron chi connectivity index (χ3n) is 2.28. The van der Waals surface area contributed by atoms with Crippen molar-refractivity contribution in [3.63, 3.8) is 0 Å². The molecule has 0 aromatic heterocycles. The Morgan fingerprint density at radius 1 is 1.15 bits per heavy atom. The van der Waals surface area contributed by atoms with Gasteiger partial charge in [0.25, 0.3) is 0 Å². The molecule has 0 saturated heterocycles. The van der Waals surface area contributed by atoms with Crippen LogP contribution in [0.15, 0.2) is 36.5 Å². The Hall–Kier alpha value is -1.28. The standard InChI is InChI=1S/C11H14N2/c1-10-4-6-11(7-5-10)13-9-3-8-12(13)2/h3-7,9H,8H2,1-2H3. The Labute approximate surface area is 79.1 Å². The lowest BCUT2D eigenvalue weighted by molar-refractivity contribution is 0.397. The van der Waals surface area contributed by atoms with Crippen molar-refractivity contribution in [3.05, 3.63) is 42.1 Å². The highest BCUT2D eigenvalue weighted by atomic mass is 15.6.